The number of aromatic nitrogens is 3. The summed E-state index contributed by atoms with van der Waals surface area (Å²) < 4.78 is 2.29. The molecule has 0 unspecified atom stereocenters. The van der Waals surface area contributed by atoms with Gasteiger partial charge in [0.1, 0.15) is 5.65 Å². The number of benzene rings is 5. The zero-order valence-electron chi connectivity index (χ0n) is 18.8. The average Bonchev–Trinajstić information content (AvgIpc) is 3.32. The van der Waals surface area contributed by atoms with Crippen molar-refractivity contribution in [3.8, 4) is 11.3 Å². The lowest BCUT2D eigenvalue weighted by atomic mass is 10.0. The molecule has 0 saturated heterocycles. The molecule has 5 aromatic carbocycles. The van der Waals surface area contributed by atoms with E-state index in [1.807, 2.05) is 0 Å². The topological polar surface area (TPSA) is 30.2 Å². The molecule has 0 aliphatic rings. The summed E-state index contributed by atoms with van der Waals surface area (Å²) in [5.41, 5.74) is 7.32. The Morgan fingerprint density at radius 3 is 2.11 bits per heavy atom. The highest BCUT2D eigenvalue weighted by atomic mass is 15.0. The van der Waals surface area contributed by atoms with Gasteiger partial charge in [0.05, 0.1) is 27.8 Å². The zero-order valence-corrected chi connectivity index (χ0v) is 18.8. The molecule has 35 heavy (non-hydrogen) atoms. The van der Waals surface area contributed by atoms with Crippen LogP contribution >= 0.6 is 0 Å². The van der Waals surface area contributed by atoms with Gasteiger partial charge in [-0.25, -0.2) is 9.97 Å². The average molecular weight is 446 g/mol. The van der Waals surface area contributed by atoms with Gasteiger partial charge in [-0.05, 0) is 35.0 Å². The second kappa shape index (κ2) is 6.87. The Hall–Kier alpha value is -4.76. The van der Waals surface area contributed by atoms with Gasteiger partial charge in [0.25, 0.3) is 0 Å². The van der Waals surface area contributed by atoms with Crippen LogP contribution in [-0.2, 0) is 0 Å². The predicted octanol–water partition coefficient (Wildman–Crippen LogP) is 8.16. The van der Waals surface area contributed by atoms with Crippen LogP contribution in [0.25, 0.3) is 71.3 Å². The van der Waals surface area contributed by atoms with Crippen molar-refractivity contribution in [2.75, 3.05) is 0 Å². The minimum absolute atomic E-state index is 0.961. The summed E-state index contributed by atoms with van der Waals surface area (Å²) in [6, 6.07) is 40.7. The van der Waals surface area contributed by atoms with Crippen molar-refractivity contribution in [1.29, 1.82) is 0 Å². The summed E-state index contributed by atoms with van der Waals surface area (Å²) >= 11 is 0. The van der Waals surface area contributed by atoms with Gasteiger partial charge in [0.15, 0.2) is 0 Å². The maximum atomic E-state index is 5.13. The minimum Gasteiger partial charge on any atom is -0.292 e. The molecule has 3 aromatic heterocycles. The SMILES string of the molecule is c1ccc2c(c1)ccc1ccc(-c3ccc4c(c3)nc3c5ccccc5c5ccccc5n43)nc12. The van der Waals surface area contributed by atoms with Crippen molar-refractivity contribution in [2.24, 2.45) is 0 Å². The molecule has 3 nitrogen and oxygen atoms in total. The van der Waals surface area contributed by atoms with E-state index in [1.54, 1.807) is 0 Å². The second-order valence-corrected chi connectivity index (χ2v) is 9.09. The fourth-order valence-corrected chi connectivity index (χ4v) is 5.49. The van der Waals surface area contributed by atoms with E-state index in [4.69, 9.17) is 9.97 Å². The van der Waals surface area contributed by atoms with Crippen molar-refractivity contribution in [3.63, 3.8) is 0 Å². The van der Waals surface area contributed by atoms with Gasteiger partial charge < -0.3 is 0 Å². The van der Waals surface area contributed by atoms with Crippen LogP contribution in [0, 0.1) is 0 Å². The third kappa shape index (κ3) is 2.61. The Balaban J connectivity index is 1.42. The van der Waals surface area contributed by atoms with Crippen LogP contribution in [0.3, 0.4) is 0 Å². The number of nitrogens with zero attached hydrogens (tertiary/aromatic N) is 3. The molecule has 0 fully saturated rings. The van der Waals surface area contributed by atoms with Crippen molar-refractivity contribution in [3.05, 3.63) is 115 Å². The number of hydrogen-bond acceptors (Lipinski definition) is 2. The first-order valence-electron chi connectivity index (χ1n) is 11.9. The molecule has 8 rings (SSSR count). The summed E-state index contributed by atoms with van der Waals surface area (Å²) in [6.07, 6.45) is 0. The van der Waals surface area contributed by atoms with E-state index in [-0.39, 0.29) is 0 Å². The van der Waals surface area contributed by atoms with Gasteiger partial charge in [-0.15, -0.1) is 0 Å². The van der Waals surface area contributed by atoms with Crippen molar-refractivity contribution in [1.82, 2.24) is 14.4 Å². The van der Waals surface area contributed by atoms with E-state index in [9.17, 15) is 0 Å². The number of pyridine rings is 2. The number of hydrogen-bond donors (Lipinski definition) is 0. The molecule has 0 N–H and O–H groups in total. The fourth-order valence-electron chi connectivity index (χ4n) is 5.49. The van der Waals surface area contributed by atoms with E-state index < -0.39 is 0 Å². The van der Waals surface area contributed by atoms with Crippen LogP contribution in [0.5, 0.6) is 0 Å². The summed E-state index contributed by atoms with van der Waals surface area (Å²) in [5, 5.41) is 7.17. The number of fused-ring (bicyclic) bond motifs is 11. The largest absolute Gasteiger partial charge is 0.292 e. The standard InChI is InChI=1S/C32H19N3/c1-2-8-23-20(7-1)13-14-21-15-17-27(33-31(21)23)22-16-18-30-28(19-22)34-32-26-11-4-3-9-24(26)25-10-5-6-12-29(25)35(30)32/h1-19H. The van der Waals surface area contributed by atoms with E-state index >= 15 is 0 Å². The maximum absolute atomic E-state index is 5.13. The van der Waals surface area contributed by atoms with E-state index in [2.05, 4.69) is 120 Å². The molecule has 3 heterocycles. The smallest absolute Gasteiger partial charge is 0.146 e. The first-order chi connectivity index (χ1) is 17.3. The Morgan fingerprint density at radius 1 is 0.486 bits per heavy atom. The summed E-state index contributed by atoms with van der Waals surface area (Å²) in [4.78, 5) is 10.2. The number of imidazole rings is 1. The molecule has 0 radical (unpaired) electrons. The van der Waals surface area contributed by atoms with Gasteiger partial charge in [0.2, 0.25) is 0 Å². The highest BCUT2D eigenvalue weighted by Gasteiger charge is 2.14. The fraction of sp³-hybridized carbons (Fsp3) is 0. The van der Waals surface area contributed by atoms with E-state index in [0.717, 1.165) is 38.8 Å². The van der Waals surface area contributed by atoms with Gasteiger partial charge in [0, 0.05) is 27.1 Å². The zero-order chi connectivity index (χ0) is 22.9. The molecular formula is C32H19N3. The third-order valence-corrected chi connectivity index (χ3v) is 7.14. The normalized spacial score (nSPS) is 12.0. The summed E-state index contributed by atoms with van der Waals surface area (Å²) in [5.74, 6) is 0. The maximum Gasteiger partial charge on any atom is 0.146 e. The lowest BCUT2D eigenvalue weighted by Gasteiger charge is -2.09. The van der Waals surface area contributed by atoms with Crippen molar-refractivity contribution >= 4 is 60.0 Å². The van der Waals surface area contributed by atoms with Crippen LogP contribution in [0.2, 0.25) is 0 Å². The third-order valence-electron chi connectivity index (χ3n) is 7.14. The van der Waals surface area contributed by atoms with Crippen LogP contribution in [0.15, 0.2) is 115 Å². The van der Waals surface area contributed by atoms with Crippen LogP contribution < -0.4 is 0 Å². The molecule has 0 aliphatic carbocycles. The molecule has 0 atom stereocenters. The lowest BCUT2D eigenvalue weighted by Crippen LogP contribution is -1.91. The number of para-hydroxylation sites is 1. The van der Waals surface area contributed by atoms with Crippen LogP contribution in [0.1, 0.15) is 0 Å². The Bertz CT molecular complexity index is 2120. The minimum atomic E-state index is 0.961. The first-order valence-corrected chi connectivity index (χ1v) is 11.9. The highest BCUT2D eigenvalue weighted by Crippen LogP contribution is 2.34. The molecule has 0 amide bonds. The van der Waals surface area contributed by atoms with Gasteiger partial charge in [-0.1, -0.05) is 91.0 Å². The highest BCUT2D eigenvalue weighted by molar-refractivity contribution is 6.14. The molecule has 8 aromatic rings. The van der Waals surface area contributed by atoms with Gasteiger partial charge in [-0.3, -0.25) is 4.40 Å². The molecule has 0 saturated carbocycles. The molecule has 3 heteroatoms. The van der Waals surface area contributed by atoms with E-state index in [1.165, 1.54) is 32.4 Å². The van der Waals surface area contributed by atoms with Crippen LogP contribution in [0.4, 0.5) is 0 Å². The monoisotopic (exact) mass is 445 g/mol. The predicted molar refractivity (Wildman–Crippen MR) is 146 cm³/mol. The molecule has 162 valence electrons. The first kappa shape index (κ1) is 18.6. The van der Waals surface area contributed by atoms with Crippen molar-refractivity contribution < 1.29 is 0 Å². The van der Waals surface area contributed by atoms with Crippen molar-refractivity contribution in [2.45, 2.75) is 0 Å². The molecular weight excluding hydrogens is 426 g/mol. The number of rotatable bonds is 1. The Morgan fingerprint density at radius 2 is 1.20 bits per heavy atom. The summed E-state index contributed by atoms with van der Waals surface area (Å²) in [7, 11) is 0. The second-order valence-electron chi connectivity index (χ2n) is 9.09. The van der Waals surface area contributed by atoms with Gasteiger partial charge >= 0.3 is 0 Å². The van der Waals surface area contributed by atoms with E-state index in [0.29, 0.717) is 0 Å². The molecule has 0 bridgehead atoms. The quantitative estimate of drug-likeness (QED) is 0.239. The Labute approximate surface area is 200 Å². The molecule has 0 aliphatic heterocycles. The van der Waals surface area contributed by atoms with Crippen LogP contribution in [-0.4, -0.2) is 14.4 Å². The molecule has 0 spiro atoms. The summed E-state index contributed by atoms with van der Waals surface area (Å²) in [6.45, 7) is 0. The van der Waals surface area contributed by atoms with Gasteiger partial charge in [-0.2, -0.15) is 0 Å². The Kier molecular flexibility index (Phi) is 3.66. The lowest BCUT2D eigenvalue weighted by molar-refractivity contribution is 1.31.